The van der Waals surface area contributed by atoms with E-state index in [1.807, 2.05) is 0 Å². The van der Waals surface area contributed by atoms with Crippen molar-refractivity contribution in [2.75, 3.05) is 13.2 Å². The molecule has 1 atom stereocenters. The van der Waals surface area contributed by atoms with Crippen LogP contribution in [0.4, 0.5) is 4.79 Å². The number of rotatable bonds is 3. The number of benzene rings is 1. The van der Waals surface area contributed by atoms with Crippen LogP contribution in [0, 0.1) is 6.92 Å². The van der Waals surface area contributed by atoms with E-state index in [-0.39, 0.29) is 12.5 Å². The lowest BCUT2D eigenvalue weighted by atomic mass is 9.91. The topological polar surface area (TPSA) is 93.9 Å². The van der Waals surface area contributed by atoms with Gasteiger partial charge in [0.2, 0.25) is 0 Å². The summed E-state index contributed by atoms with van der Waals surface area (Å²) in [5.41, 5.74) is 0.144. The largest absolute Gasteiger partial charge is 0.490 e. The zero-order valence-corrected chi connectivity index (χ0v) is 14.6. The number of fused-ring (bicyclic) bond motifs is 1. The van der Waals surface area contributed by atoms with E-state index in [4.69, 9.17) is 14.0 Å². The predicted octanol–water partition coefficient (Wildman–Crippen LogP) is 2.11. The summed E-state index contributed by atoms with van der Waals surface area (Å²) < 4.78 is 16.4. The van der Waals surface area contributed by atoms with Gasteiger partial charge in [-0.2, -0.15) is 0 Å². The Labute approximate surface area is 150 Å². The second-order valence-corrected chi connectivity index (χ2v) is 6.59. The maximum Gasteiger partial charge on any atom is 0.325 e. The smallest absolute Gasteiger partial charge is 0.325 e. The van der Waals surface area contributed by atoms with Gasteiger partial charge in [-0.05, 0) is 31.5 Å². The molecule has 2 aliphatic heterocycles. The fourth-order valence-corrected chi connectivity index (χ4v) is 3.16. The average Bonchev–Trinajstić information content (AvgIpc) is 3.00. The molecule has 3 heterocycles. The van der Waals surface area contributed by atoms with Crippen molar-refractivity contribution in [3.63, 3.8) is 0 Å². The number of aromatic nitrogens is 1. The first-order valence-electron chi connectivity index (χ1n) is 8.44. The standard InChI is InChI=1S/C18H19N3O5/c1-11-8-13(26-20-11)10-21-16(22)18(2,19-17(21)23)12-4-5-14-15(9-12)25-7-3-6-24-14/h4-5,8-9H,3,6-7,10H2,1-2H3,(H,19,23). The monoisotopic (exact) mass is 357 g/mol. The van der Waals surface area contributed by atoms with Gasteiger partial charge in [-0.15, -0.1) is 0 Å². The van der Waals surface area contributed by atoms with Crippen LogP contribution in [0.3, 0.4) is 0 Å². The number of carbonyl (C=O) groups excluding carboxylic acids is 2. The van der Waals surface area contributed by atoms with E-state index in [1.54, 1.807) is 38.1 Å². The SMILES string of the molecule is Cc1cc(CN2C(=O)NC(C)(c3ccc4c(c3)OCCCO4)C2=O)on1. The van der Waals surface area contributed by atoms with E-state index >= 15 is 0 Å². The molecule has 4 rings (SSSR count). The number of hydrogen-bond acceptors (Lipinski definition) is 6. The number of nitrogens with one attached hydrogen (secondary N) is 1. The Hall–Kier alpha value is -3.03. The highest BCUT2D eigenvalue weighted by atomic mass is 16.5. The molecule has 1 saturated heterocycles. The highest BCUT2D eigenvalue weighted by Gasteiger charge is 2.49. The second-order valence-electron chi connectivity index (χ2n) is 6.59. The Morgan fingerprint density at radius 2 is 1.96 bits per heavy atom. The fraction of sp³-hybridized carbons (Fsp3) is 0.389. The third-order valence-electron chi connectivity index (χ3n) is 4.59. The molecule has 1 N–H and O–H groups in total. The maximum atomic E-state index is 13.0. The molecule has 0 saturated carbocycles. The van der Waals surface area contributed by atoms with Crippen molar-refractivity contribution in [1.82, 2.24) is 15.4 Å². The molecule has 8 nitrogen and oxygen atoms in total. The molecule has 1 aromatic heterocycles. The van der Waals surface area contributed by atoms with E-state index in [0.717, 1.165) is 11.3 Å². The summed E-state index contributed by atoms with van der Waals surface area (Å²) in [6.45, 7) is 4.62. The van der Waals surface area contributed by atoms with Crippen molar-refractivity contribution in [2.24, 2.45) is 0 Å². The minimum atomic E-state index is -1.18. The van der Waals surface area contributed by atoms with Crippen LogP contribution in [0.1, 0.15) is 30.4 Å². The molecule has 26 heavy (non-hydrogen) atoms. The Balaban J connectivity index is 1.63. The van der Waals surface area contributed by atoms with Gasteiger partial charge in [0.25, 0.3) is 5.91 Å². The van der Waals surface area contributed by atoms with Gasteiger partial charge >= 0.3 is 6.03 Å². The number of carbonyl (C=O) groups is 2. The molecule has 0 spiro atoms. The van der Waals surface area contributed by atoms with Crippen molar-refractivity contribution in [3.05, 3.63) is 41.3 Å². The summed E-state index contributed by atoms with van der Waals surface area (Å²) in [6, 6.07) is 6.51. The van der Waals surface area contributed by atoms with Gasteiger partial charge in [0, 0.05) is 12.5 Å². The van der Waals surface area contributed by atoms with Crippen LogP contribution < -0.4 is 14.8 Å². The van der Waals surface area contributed by atoms with Crippen LogP contribution in [0.5, 0.6) is 11.5 Å². The van der Waals surface area contributed by atoms with Crippen molar-refractivity contribution in [1.29, 1.82) is 0 Å². The van der Waals surface area contributed by atoms with Crippen molar-refractivity contribution < 1.29 is 23.6 Å². The lowest BCUT2D eigenvalue weighted by Crippen LogP contribution is -2.40. The van der Waals surface area contributed by atoms with Crippen LogP contribution in [-0.2, 0) is 16.9 Å². The van der Waals surface area contributed by atoms with Crippen LogP contribution in [0.2, 0.25) is 0 Å². The third-order valence-corrected chi connectivity index (χ3v) is 4.59. The predicted molar refractivity (Wildman–Crippen MR) is 89.7 cm³/mol. The maximum absolute atomic E-state index is 13.0. The molecule has 1 unspecified atom stereocenters. The summed E-state index contributed by atoms with van der Waals surface area (Å²) in [4.78, 5) is 26.5. The Kier molecular flexibility index (Phi) is 3.82. The normalized spacial score (nSPS) is 22.3. The van der Waals surface area contributed by atoms with Gasteiger partial charge < -0.3 is 19.3 Å². The van der Waals surface area contributed by atoms with Crippen LogP contribution in [0.25, 0.3) is 0 Å². The quantitative estimate of drug-likeness (QED) is 0.846. The lowest BCUT2D eigenvalue weighted by Gasteiger charge is -2.23. The van der Waals surface area contributed by atoms with E-state index < -0.39 is 11.6 Å². The molecular formula is C18H19N3O5. The molecule has 0 aliphatic carbocycles. The second kappa shape index (κ2) is 6.05. The lowest BCUT2D eigenvalue weighted by molar-refractivity contribution is -0.131. The van der Waals surface area contributed by atoms with E-state index in [1.165, 1.54) is 0 Å². The van der Waals surface area contributed by atoms with E-state index in [0.29, 0.717) is 41.7 Å². The Bertz CT molecular complexity index is 877. The van der Waals surface area contributed by atoms with Crippen molar-refractivity contribution in [2.45, 2.75) is 32.4 Å². The molecule has 2 aromatic rings. The zero-order chi connectivity index (χ0) is 18.3. The molecule has 0 radical (unpaired) electrons. The third kappa shape index (κ3) is 2.67. The summed E-state index contributed by atoms with van der Waals surface area (Å²) >= 11 is 0. The molecule has 1 fully saturated rings. The molecule has 136 valence electrons. The highest BCUT2D eigenvalue weighted by molar-refractivity contribution is 6.07. The molecule has 2 aliphatic rings. The number of urea groups is 1. The van der Waals surface area contributed by atoms with Crippen LogP contribution in [-0.4, -0.2) is 35.2 Å². The van der Waals surface area contributed by atoms with Gasteiger partial charge in [0.1, 0.15) is 5.54 Å². The first-order valence-corrected chi connectivity index (χ1v) is 8.44. The summed E-state index contributed by atoms with van der Waals surface area (Å²) in [5, 5.41) is 6.56. The molecule has 8 heteroatoms. The number of amides is 3. The first kappa shape index (κ1) is 16.4. The summed E-state index contributed by atoms with van der Waals surface area (Å²) in [6.07, 6.45) is 0.793. The minimum absolute atomic E-state index is 0.0334. The van der Waals surface area contributed by atoms with Crippen molar-refractivity contribution >= 4 is 11.9 Å². The number of nitrogens with zero attached hydrogens (tertiary/aromatic N) is 2. The molecule has 1 aromatic carbocycles. The van der Waals surface area contributed by atoms with E-state index in [9.17, 15) is 9.59 Å². The van der Waals surface area contributed by atoms with Gasteiger partial charge in [0.05, 0.1) is 25.5 Å². The number of ether oxygens (including phenoxy) is 2. The number of hydrogen-bond donors (Lipinski definition) is 1. The van der Waals surface area contributed by atoms with Gasteiger partial charge in [-0.1, -0.05) is 11.2 Å². The highest BCUT2D eigenvalue weighted by Crippen LogP contribution is 2.37. The molecule has 3 amide bonds. The zero-order valence-electron chi connectivity index (χ0n) is 14.6. The van der Waals surface area contributed by atoms with E-state index in [2.05, 4.69) is 10.5 Å². The number of aryl methyl sites for hydroxylation is 1. The minimum Gasteiger partial charge on any atom is -0.490 e. The molecule has 0 bridgehead atoms. The van der Waals surface area contributed by atoms with Gasteiger partial charge in [-0.3, -0.25) is 9.69 Å². The van der Waals surface area contributed by atoms with Gasteiger partial charge in [-0.25, -0.2) is 4.79 Å². The van der Waals surface area contributed by atoms with Crippen LogP contribution >= 0.6 is 0 Å². The first-order chi connectivity index (χ1) is 12.5. The Morgan fingerprint density at radius 1 is 1.19 bits per heavy atom. The summed E-state index contributed by atoms with van der Waals surface area (Å²) in [5.74, 6) is 1.31. The number of imide groups is 1. The summed E-state index contributed by atoms with van der Waals surface area (Å²) in [7, 11) is 0. The van der Waals surface area contributed by atoms with Crippen LogP contribution in [0.15, 0.2) is 28.8 Å². The Morgan fingerprint density at radius 3 is 2.69 bits per heavy atom. The average molecular weight is 357 g/mol. The fourth-order valence-electron chi connectivity index (χ4n) is 3.16. The van der Waals surface area contributed by atoms with Crippen molar-refractivity contribution in [3.8, 4) is 11.5 Å². The molecular weight excluding hydrogens is 338 g/mol. The van der Waals surface area contributed by atoms with Gasteiger partial charge in [0.15, 0.2) is 17.3 Å².